The average Bonchev–Trinajstić information content (AvgIpc) is 3.06. The van der Waals surface area contributed by atoms with Crippen LogP contribution >= 0.6 is 0 Å². The smallest absolute Gasteiger partial charge is 0.300 e. The van der Waals surface area contributed by atoms with Crippen molar-refractivity contribution in [3.8, 4) is 5.75 Å². The van der Waals surface area contributed by atoms with Crippen LogP contribution in [-0.4, -0.2) is 28.9 Å². The SMILES string of the molecule is COc1ccc(/C(O)=C2\C(=O)C(=O)N(c3cc(F)ccc3F)C2c2ccccn2)cc1. The van der Waals surface area contributed by atoms with E-state index in [9.17, 15) is 23.5 Å². The van der Waals surface area contributed by atoms with Gasteiger partial charge in [-0.15, -0.1) is 0 Å². The van der Waals surface area contributed by atoms with Crippen LogP contribution < -0.4 is 9.64 Å². The molecule has 3 aromatic rings. The number of hydrogen-bond acceptors (Lipinski definition) is 5. The van der Waals surface area contributed by atoms with Gasteiger partial charge in [0.15, 0.2) is 0 Å². The number of benzene rings is 2. The maximum Gasteiger partial charge on any atom is 0.300 e. The Morgan fingerprint density at radius 3 is 2.45 bits per heavy atom. The minimum absolute atomic E-state index is 0.209. The summed E-state index contributed by atoms with van der Waals surface area (Å²) in [4.78, 5) is 30.8. The number of ether oxygens (including phenoxy) is 1. The predicted octanol–water partition coefficient (Wildman–Crippen LogP) is 3.99. The Morgan fingerprint density at radius 1 is 1.06 bits per heavy atom. The number of hydrogen-bond donors (Lipinski definition) is 1. The number of amides is 1. The molecule has 8 heteroatoms. The molecule has 0 bridgehead atoms. The molecule has 4 rings (SSSR count). The van der Waals surface area contributed by atoms with E-state index >= 15 is 0 Å². The summed E-state index contributed by atoms with van der Waals surface area (Å²) in [5.74, 6) is -3.75. The van der Waals surface area contributed by atoms with Crippen LogP contribution in [0.25, 0.3) is 5.76 Å². The highest BCUT2D eigenvalue weighted by Crippen LogP contribution is 2.42. The van der Waals surface area contributed by atoms with Gasteiger partial charge in [-0.05, 0) is 48.5 Å². The highest BCUT2D eigenvalue weighted by molar-refractivity contribution is 6.51. The maximum absolute atomic E-state index is 14.6. The van der Waals surface area contributed by atoms with Gasteiger partial charge in [-0.2, -0.15) is 0 Å². The van der Waals surface area contributed by atoms with Crippen LogP contribution in [0.3, 0.4) is 0 Å². The molecule has 1 saturated heterocycles. The van der Waals surface area contributed by atoms with E-state index in [0.717, 1.165) is 23.1 Å². The number of halogens is 2. The normalized spacial score (nSPS) is 17.8. The number of methoxy groups -OCH3 is 1. The van der Waals surface area contributed by atoms with Crippen molar-refractivity contribution in [2.45, 2.75) is 6.04 Å². The van der Waals surface area contributed by atoms with Crippen molar-refractivity contribution in [2.24, 2.45) is 0 Å². The largest absolute Gasteiger partial charge is 0.507 e. The van der Waals surface area contributed by atoms with E-state index in [0.29, 0.717) is 5.75 Å². The van der Waals surface area contributed by atoms with Crippen molar-refractivity contribution in [1.29, 1.82) is 0 Å². The predicted molar refractivity (Wildman–Crippen MR) is 108 cm³/mol. The van der Waals surface area contributed by atoms with E-state index in [1.54, 1.807) is 24.3 Å². The lowest BCUT2D eigenvalue weighted by atomic mass is 9.98. The highest BCUT2D eigenvalue weighted by Gasteiger charge is 2.48. The fourth-order valence-corrected chi connectivity index (χ4v) is 3.47. The molecule has 1 N–H and O–H groups in total. The van der Waals surface area contributed by atoms with E-state index < -0.39 is 40.8 Å². The minimum atomic E-state index is -1.25. The monoisotopic (exact) mass is 422 g/mol. The zero-order valence-corrected chi connectivity index (χ0v) is 16.3. The summed E-state index contributed by atoms with van der Waals surface area (Å²) >= 11 is 0. The van der Waals surface area contributed by atoms with Gasteiger partial charge in [-0.1, -0.05) is 6.07 Å². The molecule has 1 atom stereocenters. The number of Topliss-reactive ketones (excluding diaryl/α,β-unsaturated/α-hetero) is 1. The van der Waals surface area contributed by atoms with E-state index in [4.69, 9.17) is 4.74 Å². The second-order valence-electron chi connectivity index (χ2n) is 6.75. The molecule has 1 aliphatic heterocycles. The summed E-state index contributed by atoms with van der Waals surface area (Å²) in [6.07, 6.45) is 1.44. The van der Waals surface area contributed by atoms with Crippen LogP contribution in [0.4, 0.5) is 14.5 Å². The molecule has 1 amide bonds. The summed E-state index contributed by atoms with van der Waals surface area (Å²) in [5.41, 5.74) is -0.246. The van der Waals surface area contributed by atoms with Crippen molar-refractivity contribution in [3.63, 3.8) is 0 Å². The summed E-state index contributed by atoms with van der Waals surface area (Å²) in [6, 6.07) is 12.3. The van der Waals surface area contributed by atoms with E-state index in [2.05, 4.69) is 4.98 Å². The lowest BCUT2D eigenvalue weighted by Crippen LogP contribution is -2.30. The fourth-order valence-electron chi connectivity index (χ4n) is 3.47. The van der Waals surface area contributed by atoms with Gasteiger partial charge in [0, 0.05) is 17.8 Å². The Balaban J connectivity index is 1.94. The molecule has 0 saturated carbocycles. The van der Waals surface area contributed by atoms with Crippen LogP contribution in [0.1, 0.15) is 17.3 Å². The first-order valence-electron chi connectivity index (χ1n) is 9.23. The van der Waals surface area contributed by atoms with Gasteiger partial charge >= 0.3 is 0 Å². The Morgan fingerprint density at radius 2 is 1.81 bits per heavy atom. The van der Waals surface area contributed by atoms with Crippen LogP contribution in [-0.2, 0) is 9.59 Å². The van der Waals surface area contributed by atoms with Crippen molar-refractivity contribution in [2.75, 3.05) is 12.0 Å². The van der Waals surface area contributed by atoms with Gasteiger partial charge in [0.1, 0.15) is 29.2 Å². The number of carbonyl (C=O) groups is 2. The zero-order chi connectivity index (χ0) is 22.1. The average molecular weight is 422 g/mol. The first kappa shape index (κ1) is 20.2. The van der Waals surface area contributed by atoms with Crippen LogP contribution in [0.5, 0.6) is 5.75 Å². The first-order valence-corrected chi connectivity index (χ1v) is 9.23. The molecular formula is C23H16F2N2O4. The molecule has 0 spiro atoms. The Hall–Kier alpha value is -4.07. The van der Waals surface area contributed by atoms with E-state index in [1.807, 2.05) is 0 Å². The van der Waals surface area contributed by atoms with Crippen molar-refractivity contribution in [3.05, 3.63) is 95.3 Å². The number of aromatic nitrogens is 1. The molecule has 1 unspecified atom stereocenters. The number of carbonyl (C=O) groups excluding carboxylic acids is 2. The van der Waals surface area contributed by atoms with Crippen LogP contribution in [0.2, 0.25) is 0 Å². The summed E-state index contributed by atoms with van der Waals surface area (Å²) < 4.78 is 33.5. The lowest BCUT2D eigenvalue weighted by Gasteiger charge is -2.25. The molecule has 1 aromatic heterocycles. The standard InChI is InChI=1S/C23H16F2N2O4/c1-31-15-8-5-13(6-9-15)21(28)19-20(17-4-2-3-11-26-17)27(23(30)22(19)29)18-12-14(24)7-10-16(18)25/h2-12,20,28H,1H3/b21-19+. The van der Waals surface area contributed by atoms with E-state index in [-0.39, 0.29) is 16.8 Å². The van der Waals surface area contributed by atoms with Crippen molar-refractivity contribution in [1.82, 2.24) is 4.98 Å². The van der Waals surface area contributed by atoms with Crippen LogP contribution in [0, 0.1) is 11.6 Å². The summed E-state index contributed by atoms with van der Waals surface area (Å²) in [7, 11) is 1.48. The van der Waals surface area contributed by atoms with Gasteiger partial charge in [0.25, 0.3) is 11.7 Å². The van der Waals surface area contributed by atoms with Gasteiger partial charge in [-0.25, -0.2) is 8.78 Å². The molecule has 1 fully saturated rings. The Kier molecular flexibility index (Phi) is 5.21. The first-order chi connectivity index (χ1) is 14.9. The topological polar surface area (TPSA) is 79.7 Å². The second-order valence-corrected chi connectivity index (χ2v) is 6.75. The maximum atomic E-state index is 14.6. The lowest BCUT2D eigenvalue weighted by molar-refractivity contribution is -0.132. The number of ketones is 1. The summed E-state index contributed by atoms with van der Waals surface area (Å²) in [5, 5.41) is 10.9. The molecule has 31 heavy (non-hydrogen) atoms. The minimum Gasteiger partial charge on any atom is -0.507 e. The third-order valence-electron chi connectivity index (χ3n) is 4.94. The third kappa shape index (κ3) is 3.52. The van der Waals surface area contributed by atoms with Crippen molar-refractivity contribution >= 4 is 23.1 Å². The number of rotatable bonds is 4. The number of aliphatic hydroxyl groups is 1. The Labute approximate surface area is 176 Å². The zero-order valence-electron chi connectivity index (χ0n) is 16.3. The van der Waals surface area contributed by atoms with Gasteiger partial charge in [0.05, 0.1) is 24.1 Å². The van der Waals surface area contributed by atoms with E-state index in [1.165, 1.54) is 31.5 Å². The highest BCUT2D eigenvalue weighted by atomic mass is 19.1. The molecular weight excluding hydrogens is 406 g/mol. The molecule has 2 heterocycles. The molecule has 0 aliphatic carbocycles. The number of nitrogens with zero attached hydrogens (tertiary/aromatic N) is 2. The third-order valence-corrected chi connectivity index (χ3v) is 4.94. The van der Waals surface area contributed by atoms with Crippen LogP contribution in [0.15, 0.2) is 72.4 Å². The quantitative estimate of drug-likeness (QED) is 0.391. The molecule has 2 aromatic carbocycles. The summed E-state index contributed by atoms with van der Waals surface area (Å²) in [6.45, 7) is 0. The van der Waals surface area contributed by atoms with Crippen molar-refractivity contribution < 1.29 is 28.2 Å². The number of anilines is 1. The number of pyridine rings is 1. The molecule has 156 valence electrons. The number of aliphatic hydroxyl groups excluding tert-OH is 1. The molecule has 6 nitrogen and oxygen atoms in total. The van der Waals surface area contributed by atoms with Gasteiger partial charge in [-0.3, -0.25) is 19.5 Å². The second kappa shape index (κ2) is 7.98. The van der Waals surface area contributed by atoms with Gasteiger partial charge < -0.3 is 9.84 Å². The Bertz CT molecular complexity index is 1190. The molecule has 1 aliphatic rings. The fraction of sp³-hybridized carbons (Fsp3) is 0.0870. The van der Waals surface area contributed by atoms with Gasteiger partial charge in [0.2, 0.25) is 0 Å². The molecule has 0 radical (unpaired) electrons.